The Bertz CT molecular complexity index is 1100. The van der Waals surface area contributed by atoms with Crippen LogP contribution in [0, 0.1) is 0 Å². The van der Waals surface area contributed by atoms with E-state index in [0.29, 0.717) is 42.8 Å². The van der Waals surface area contributed by atoms with E-state index in [4.69, 9.17) is 4.74 Å². The van der Waals surface area contributed by atoms with Crippen LogP contribution >= 0.6 is 0 Å². The van der Waals surface area contributed by atoms with Crippen molar-refractivity contribution in [1.29, 1.82) is 0 Å². The molecule has 1 saturated heterocycles. The van der Waals surface area contributed by atoms with Gasteiger partial charge in [0.05, 0.1) is 18.6 Å². The number of carbonyl (C=O) groups is 3. The van der Waals surface area contributed by atoms with Gasteiger partial charge < -0.3 is 19.4 Å². The largest absolute Gasteiger partial charge is 0.497 e. The molecule has 1 unspecified atom stereocenters. The summed E-state index contributed by atoms with van der Waals surface area (Å²) in [5, 5.41) is 0. The number of likely N-dealkylation sites (tertiary alicyclic amines) is 1. The third-order valence-corrected chi connectivity index (χ3v) is 7.18. The molecule has 0 saturated carbocycles. The van der Waals surface area contributed by atoms with Crippen LogP contribution in [0.4, 0.5) is 0 Å². The van der Waals surface area contributed by atoms with Gasteiger partial charge in [-0.2, -0.15) is 0 Å². The van der Waals surface area contributed by atoms with E-state index >= 15 is 0 Å². The molecule has 7 nitrogen and oxygen atoms in total. The lowest BCUT2D eigenvalue weighted by atomic mass is 9.66. The first-order chi connectivity index (χ1) is 16.2. The van der Waals surface area contributed by atoms with Gasteiger partial charge >= 0.3 is 0 Å². The first kappa shape index (κ1) is 23.8. The van der Waals surface area contributed by atoms with E-state index in [0.717, 1.165) is 5.56 Å². The quantitative estimate of drug-likeness (QED) is 0.697. The van der Waals surface area contributed by atoms with Crippen LogP contribution in [0.3, 0.4) is 0 Å². The molecule has 7 heteroatoms. The Balaban J connectivity index is 1.72. The molecule has 0 aromatic heterocycles. The molecular formula is C27H33N3O4. The van der Waals surface area contributed by atoms with Crippen molar-refractivity contribution in [3.8, 4) is 5.75 Å². The lowest BCUT2D eigenvalue weighted by Crippen LogP contribution is -2.67. The molecule has 1 spiro atoms. The maximum absolute atomic E-state index is 13.7. The summed E-state index contributed by atoms with van der Waals surface area (Å²) in [4.78, 5) is 45.9. The average Bonchev–Trinajstić information content (AvgIpc) is 2.84. The number of benzene rings is 2. The molecular weight excluding hydrogens is 430 g/mol. The van der Waals surface area contributed by atoms with E-state index in [1.54, 1.807) is 44.3 Å². The van der Waals surface area contributed by atoms with Crippen LogP contribution in [0.1, 0.15) is 58.9 Å². The Labute approximate surface area is 201 Å². The Hall–Kier alpha value is -3.35. The SMILES string of the molecule is COc1cccc(C(=O)N2CCC3(CC2)C(C(=O)N(C)C)c2ccccc2C(=O)N3C(C)C)c1. The number of likely N-dealkylation sites (N-methyl/N-ethyl adjacent to an activating group) is 1. The van der Waals surface area contributed by atoms with Gasteiger partial charge in [0.15, 0.2) is 0 Å². The van der Waals surface area contributed by atoms with Gasteiger partial charge in [0.1, 0.15) is 5.75 Å². The lowest BCUT2D eigenvalue weighted by Gasteiger charge is -2.56. The molecule has 1 fully saturated rings. The second kappa shape index (κ2) is 9.12. The van der Waals surface area contributed by atoms with Crippen molar-refractivity contribution in [3.05, 3.63) is 65.2 Å². The molecule has 2 aromatic carbocycles. The summed E-state index contributed by atoms with van der Waals surface area (Å²) in [6, 6.07) is 14.5. The van der Waals surface area contributed by atoms with Crippen LogP contribution < -0.4 is 4.74 Å². The van der Waals surface area contributed by atoms with Gasteiger partial charge in [-0.15, -0.1) is 0 Å². The van der Waals surface area contributed by atoms with Gasteiger partial charge in [0, 0.05) is 44.4 Å². The van der Waals surface area contributed by atoms with E-state index in [9.17, 15) is 14.4 Å². The fourth-order valence-corrected chi connectivity index (χ4v) is 5.64. The molecule has 0 N–H and O–H groups in total. The van der Waals surface area contributed by atoms with Crippen LogP contribution in [0.15, 0.2) is 48.5 Å². The molecule has 34 heavy (non-hydrogen) atoms. The second-order valence-corrected chi connectivity index (χ2v) is 9.65. The predicted octanol–water partition coefficient (Wildman–Crippen LogP) is 3.41. The number of nitrogens with zero attached hydrogens (tertiary/aromatic N) is 3. The summed E-state index contributed by atoms with van der Waals surface area (Å²) in [6.45, 7) is 4.93. The number of rotatable bonds is 4. The summed E-state index contributed by atoms with van der Waals surface area (Å²) >= 11 is 0. The van der Waals surface area contributed by atoms with Crippen molar-refractivity contribution in [2.24, 2.45) is 0 Å². The number of amides is 3. The van der Waals surface area contributed by atoms with Crippen molar-refractivity contribution >= 4 is 17.7 Å². The summed E-state index contributed by atoms with van der Waals surface area (Å²) in [5.74, 6) is 0.0336. The number of ether oxygens (including phenoxy) is 1. The lowest BCUT2D eigenvalue weighted by molar-refractivity contribution is -0.136. The Morgan fingerprint density at radius 2 is 1.74 bits per heavy atom. The van der Waals surface area contributed by atoms with Crippen molar-refractivity contribution in [1.82, 2.24) is 14.7 Å². The maximum Gasteiger partial charge on any atom is 0.254 e. The Morgan fingerprint density at radius 1 is 1.06 bits per heavy atom. The topological polar surface area (TPSA) is 70.2 Å². The van der Waals surface area contributed by atoms with Crippen molar-refractivity contribution in [2.75, 3.05) is 34.3 Å². The number of piperidine rings is 1. The Kier molecular flexibility index (Phi) is 6.39. The minimum absolute atomic E-state index is 0.0156. The highest BCUT2D eigenvalue weighted by atomic mass is 16.5. The van der Waals surface area contributed by atoms with Gasteiger partial charge in [-0.05, 0) is 56.5 Å². The van der Waals surface area contributed by atoms with Crippen LogP contribution in [-0.2, 0) is 4.79 Å². The van der Waals surface area contributed by atoms with Gasteiger partial charge in [-0.25, -0.2) is 0 Å². The van der Waals surface area contributed by atoms with Crippen LogP contribution in [0.5, 0.6) is 5.75 Å². The maximum atomic E-state index is 13.7. The fraction of sp³-hybridized carbons (Fsp3) is 0.444. The number of hydrogen-bond donors (Lipinski definition) is 0. The number of methoxy groups -OCH3 is 1. The average molecular weight is 464 g/mol. The van der Waals surface area contributed by atoms with Gasteiger partial charge in [-0.1, -0.05) is 24.3 Å². The van der Waals surface area contributed by atoms with E-state index in [1.807, 2.05) is 54.0 Å². The smallest absolute Gasteiger partial charge is 0.254 e. The third-order valence-electron chi connectivity index (χ3n) is 7.18. The highest BCUT2D eigenvalue weighted by molar-refractivity contribution is 6.02. The van der Waals surface area contributed by atoms with Crippen molar-refractivity contribution in [3.63, 3.8) is 0 Å². The van der Waals surface area contributed by atoms with Crippen LogP contribution in [-0.4, -0.2) is 78.3 Å². The second-order valence-electron chi connectivity index (χ2n) is 9.65. The molecule has 0 radical (unpaired) electrons. The summed E-state index contributed by atoms with van der Waals surface area (Å²) in [5.41, 5.74) is 1.26. The normalized spacial score (nSPS) is 19.2. The molecule has 1 atom stereocenters. The molecule has 0 aliphatic carbocycles. The number of hydrogen-bond acceptors (Lipinski definition) is 4. The molecule has 2 aromatic rings. The molecule has 0 bridgehead atoms. The molecule has 2 aliphatic rings. The minimum Gasteiger partial charge on any atom is -0.497 e. The Morgan fingerprint density at radius 3 is 2.35 bits per heavy atom. The first-order valence-electron chi connectivity index (χ1n) is 11.8. The van der Waals surface area contributed by atoms with Gasteiger partial charge in [0.25, 0.3) is 11.8 Å². The van der Waals surface area contributed by atoms with Gasteiger partial charge in [0.2, 0.25) is 5.91 Å². The highest BCUT2D eigenvalue weighted by Gasteiger charge is 2.56. The highest BCUT2D eigenvalue weighted by Crippen LogP contribution is 2.48. The first-order valence-corrected chi connectivity index (χ1v) is 11.8. The third kappa shape index (κ3) is 3.83. The number of fused-ring (bicyclic) bond motifs is 1. The molecule has 180 valence electrons. The summed E-state index contributed by atoms with van der Waals surface area (Å²) < 4.78 is 5.27. The standard InChI is InChI=1S/C27H33N3O4/c1-18(2)30-25(32)22-12-7-6-11-21(22)23(26(33)28(3)4)27(30)13-15-29(16-14-27)24(31)19-9-8-10-20(17-19)34-5/h6-12,17-18,23H,13-16H2,1-5H3. The zero-order valence-corrected chi connectivity index (χ0v) is 20.6. The van der Waals surface area contributed by atoms with E-state index in [-0.39, 0.29) is 23.8 Å². The molecule has 2 heterocycles. The summed E-state index contributed by atoms with van der Waals surface area (Å²) in [7, 11) is 5.10. The molecule has 4 rings (SSSR count). The van der Waals surface area contributed by atoms with Crippen LogP contribution in [0.25, 0.3) is 0 Å². The zero-order chi connectivity index (χ0) is 24.6. The van der Waals surface area contributed by atoms with Crippen molar-refractivity contribution < 1.29 is 19.1 Å². The van der Waals surface area contributed by atoms with E-state index in [2.05, 4.69) is 0 Å². The van der Waals surface area contributed by atoms with Crippen molar-refractivity contribution in [2.45, 2.75) is 44.2 Å². The van der Waals surface area contributed by atoms with Gasteiger partial charge in [-0.3, -0.25) is 14.4 Å². The summed E-state index contributed by atoms with van der Waals surface area (Å²) in [6.07, 6.45) is 1.07. The minimum atomic E-state index is -0.688. The number of carbonyl (C=O) groups excluding carboxylic acids is 3. The molecule has 2 aliphatic heterocycles. The zero-order valence-electron chi connectivity index (χ0n) is 20.6. The van der Waals surface area contributed by atoms with Crippen LogP contribution in [0.2, 0.25) is 0 Å². The van der Waals surface area contributed by atoms with E-state index in [1.165, 1.54) is 0 Å². The monoisotopic (exact) mass is 463 g/mol. The predicted molar refractivity (Wildman–Crippen MR) is 130 cm³/mol. The van der Waals surface area contributed by atoms with E-state index < -0.39 is 11.5 Å². The molecule has 3 amide bonds. The fourth-order valence-electron chi connectivity index (χ4n) is 5.64.